The maximum absolute atomic E-state index is 8.41. The Labute approximate surface area is 106 Å². The highest BCUT2D eigenvalue weighted by Gasteiger charge is 2.05. The molecule has 1 heterocycles. The summed E-state index contributed by atoms with van der Waals surface area (Å²) in [5.41, 5.74) is 1.92. The van der Waals surface area contributed by atoms with E-state index < -0.39 is 0 Å². The van der Waals surface area contributed by atoms with E-state index in [-0.39, 0.29) is 0 Å². The Morgan fingerprint density at radius 3 is 2.67 bits per heavy atom. The molecule has 2 rings (SSSR count). The molecule has 0 aliphatic heterocycles. The molecule has 0 spiro atoms. The number of aromatic nitrogens is 1. The van der Waals surface area contributed by atoms with E-state index in [1.54, 1.807) is 0 Å². The van der Waals surface area contributed by atoms with Crippen molar-refractivity contribution in [2.24, 2.45) is 12.2 Å². The average molecular weight is 243 g/mol. The van der Waals surface area contributed by atoms with E-state index in [4.69, 9.17) is 9.94 Å². The monoisotopic (exact) mass is 243 g/mol. The summed E-state index contributed by atoms with van der Waals surface area (Å²) < 4.78 is 7.70. The highest BCUT2D eigenvalue weighted by Crippen LogP contribution is 2.12. The number of rotatable bonds is 4. The second kappa shape index (κ2) is 5.82. The first-order chi connectivity index (χ1) is 8.79. The average Bonchev–Trinajstić information content (AvgIpc) is 2.40. The molecule has 0 fully saturated rings. The first-order valence-corrected chi connectivity index (χ1v) is 5.63. The number of oxime groups is 1. The van der Waals surface area contributed by atoms with Crippen LogP contribution in [0.15, 0.2) is 53.8 Å². The molecular formula is C14H15N2O2+. The van der Waals surface area contributed by atoms with Crippen molar-refractivity contribution in [3.05, 3.63) is 59.9 Å². The Bertz CT molecular complexity index is 536. The van der Waals surface area contributed by atoms with Crippen molar-refractivity contribution in [2.75, 3.05) is 0 Å². The normalized spacial score (nSPS) is 10.7. The number of hydrogen-bond donors (Lipinski definition) is 1. The second-order valence-electron chi connectivity index (χ2n) is 3.91. The number of benzene rings is 1. The van der Waals surface area contributed by atoms with Crippen molar-refractivity contribution in [2.45, 2.75) is 6.61 Å². The summed E-state index contributed by atoms with van der Waals surface area (Å²) in [4.78, 5) is 0. The molecule has 1 N–H and O–H groups in total. The standard InChI is InChI=1S/C14H14N2O2/c1-16-9-3-2-4-13(16)11-18-14-7-5-12(6-8-14)10-15-17/h2-10H,11H2,1H3/p+1/b15-10-. The molecule has 0 aliphatic carbocycles. The maximum atomic E-state index is 8.41. The minimum atomic E-state index is 0.519. The molecule has 4 nitrogen and oxygen atoms in total. The van der Waals surface area contributed by atoms with Gasteiger partial charge in [-0.05, 0) is 35.9 Å². The van der Waals surface area contributed by atoms with Crippen molar-refractivity contribution >= 4 is 6.21 Å². The fourth-order valence-electron chi connectivity index (χ4n) is 1.58. The van der Waals surface area contributed by atoms with Gasteiger partial charge in [0.05, 0.1) is 6.21 Å². The smallest absolute Gasteiger partial charge is 0.219 e. The molecule has 0 saturated carbocycles. The summed E-state index contributed by atoms with van der Waals surface area (Å²) in [5.74, 6) is 0.786. The summed E-state index contributed by atoms with van der Waals surface area (Å²) in [7, 11) is 1.99. The van der Waals surface area contributed by atoms with E-state index in [1.807, 2.05) is 60.3 Å². The minimum Gasteiger partial charge on any atom is -0.483 e. The SMILES string of the molecule is C[n+]1ccccc1COc1ccc(/C=N\O)cc1. The van der Waals surface area contributed by atoms with Crippen LogP contribution in [0.2, 0.25) is 0 Å². The summed E-state index contributed by atoms with van der Waals surface area (Å²) >= 11 is 0. The van der Waals surface area contributed by atoms with Gasteiger partial charge in [0.25, 0.3) is 0 Å². The van der Waals surface area contributed by atoms with Gasteiger partial charge in [-0.15, -0.1) is 0 Å². The number of nitrogens with zero attached hydrogens (tertiary/aromatic N) is 2. The fraction of sp³-hybridized carbons (Fsp3) is 0.143. The van der Waals surface area contributed by atoms with Gasteiger partial charge in [0, 0.05) is 12.1 Å². The van der Waals surface area contributed by atoms with Gasteiger partial charge in [-0.2, -0.15) is 0 Å². The maximum Gasteiger partial charge on any atom is 0.219 e. The Morgan fingerprint density at radius 1 is 1.22 bits per heavy atom. The molecule has 0 atom stereocenters. The van der Waals surface area contributed by atoms with Gasteiger partial charge in [-0.25, -0.2) is 4.57 Å². The van der Waals surface area contributed by atoms with Gasteiger partial charge >= 0.3 is 0 Å². The van der Waals surface area contributed by atoms with E-state index in [2.05, 4.69) is 5.16 Å². The van der Waals surface area contributed by atoms with Crippen LogP contribution < -0.4 is 9.30 Å². The van der Waals surface area contributed by atoms with E-state index in [0.29, 0.717) is 6.61 Å². The summed E-state index contributed by atoms with van der Waals surface area (Å²) in [6.07, 6.45) is 3.36. The number of ether oxygens (including phenoxy) is 1. The lowest BCUT2D eigenvalue weighted by molar-refractivity contribution is -0.680. The number of pyridine rings is 1. The van der Waals surface area contributed by atoms with Crippen LogP contribution in [0, 0.1) is 0 Å². The van der Waals surface area contributed by atoms with Gasteiger partial charge in [0.2, 0.25) is 5.69 Å². The third kappa shape index (κ3) is 3.07. The van der Waals surface area contributed by atoms with Crippen LogP contribution >= 0.6 is 0 Å². The Hall–Kier alpha value is -2.36. The van der Waals surface area contributed by atoms with Gasteiger partial charge in [0.1, 0.15) is 12.8 Å². The van der Waals surface area contributed by atoms with Crippen LogP contribution in [-0.4, -0.2) is 11.4 Å². The molecule has 1 aromatic heterocycles. The number of aryl methyl sites for hydroxylation is 1. The van der Waals surface area contributed by atoms with Crippen LogP contribution in [0.5, 0.6) is 5.75 Å². The van der Waals surface area contributed by atoms with Crippen molar-refractivity contribution in [1.82, 2.24) is 0 Å². The van der Waals surface area contributed by atoms with Crippen LogP contribution in [0.4, 0.5) is 0 Å². The highest BCUT2D eigenvalue weighted by molar-refractivity contribution is 5.79. The summed E-state index contributed by atoms with van der Waals surface area (Å²) in [5, 5.41) is 11.4. The van der Waals surface area contributed by atoms with Gasteiger partial charge in [0.15, 0.2) is 12.8 Å². The molecule has 18 heavy (non-hydrogen) atoms. The van der Waals surface area contributed by atoms with Crippen molar-refractivity contribution in [3.8, 4) is 5.75 Å². The Balaban J connectivity index is 2.00. The van der Waals surface area contributed by atoms with Gasteiger partial charge in [-0.3, -0.25) is 0 Å². The zero-order valence-corrected chi connectivity index (χ0v) is 10.2. The predicted octanol–water partition coefficient (Wildman–Crippen LogP) is 1.90. The van der Waals surface area contributed by atoms with Crippen LogP contribution in [0.3, 0.4) is 0 Å². The largest absolute Gasteiger partial charge is 0.483 e. The summed E-state index contributed by atoms with van der Waals surface area (Å²) in [6, 6.07) is 13.3. The minimum absolute atomic E-state index is 0.519. The molecule has 0 aliphatic rings. The molecule has 0 radical (unpaired) electrons. The first-order valence-electron chi connectivity index (χ1n) is 5.63. The lowest BCUT2D eigenvalue weighted by Gasteiger charge is -2.04. The third-order valence-corrected chi connectivity index (χ3v) is 2.64. The molecule has 0 unspecified atom stereocenters. The molecule has 92 valence electrons. The second-order valence-corrected chi connectivity index (χ2v) is 3.91. The molecule has 2 aromatic rings. The molecule has 0 bridgehead atoms. The van der Waals surface area contributed by atoms with Crippen molar-refractivity contribution in [1.29, 1.82) is 0 Å². The van der Waals surface area contributed by atoms with Gasteiger partial charge in [-0.1, -0.05) is 5.16 Å². The fourth-order valence-corrected chi connectivity index (χ4v) is 1.58. The zero-order valence-electron chi connectivity index (χ0n) is 10.2. The zero-order chi connectivity index (χ0) is 12.8. The Morgan fingerprint density at radius 2 is 2.00 bits per heavy atom. The van der Waals surface area contributed by atoms with Crippen molar-refractivity contribution in [3.63, 3.8) is 0 Å². The van der Waals surface area contributed by atoms with E-state index in [1.165, 1.54) is 6.21 Å². The Kier molecular flexibility index (Phi) is 3.91. The highest BCUT2D eigenvalue weighted by atomic mass is 16.5. The lowest BCUT2D eigenvalue weighted by Crippen LogP contribution is -2.33. The van der Waals surface area contributed by atoms with Crippen LogP contribution in [0.1, 0.15) is 11.3 Å². The van der Waals surface area contributed by atoms with Gasteiger partial charge < -0.3 is 9.94 Å². The molecule has 0 amide bonds. The molecule has 0 saturated heterocycles. The van der Waals surface area contributed by atoms with Crippen molar-refractivity contribution < 1.29 is 14.5 Å². The molecular weight excluding hydrogens is 228 g/mol. The summed E-state index contributed by atoms with van der Waals surface area (Å²) in [6.45, 7) is 0.519. The predicted molar refractivity (Wildman–Crippen MR) is 67.8 cm³/mol. The van der Waals surface area contributed by atoms with Crippen LogP contribution in [0.25, 0.3) is 0 Å². The van der Waals surface area contributed by atoms with E-state index >= 15 is 0 Å². The van der Waals surface area contributed by atoms with E-state index in [9.17, 15) is 0 Å². The molecule has 4 heteroatoms. The quantitative estimate of drug-likeness (QED) is 0.386. The first kappa shape index (κ1) is 12.1. The van der Waals surface area contributed by atoms with E-state index in [0.717, 1.165) is 17.0 Å². The number of hydrogen-bond acceptors (Lipinski definition) is 3. The lowest BCUT2D eigenvalue weighted by atomic mass is 10.2. The third-order valence-electron chi connectivity index (χ3n) is 2.64. The topological polar surface area (TPSA) is 45.7 Å². The van der Waals surface area contributed by atoms with Crippen LogP contribution in [-0.2, 0) is 13.7 Å². The molecule has 1 aromatic carbocycles.